The molecule has 6 heteroatoms. The fourth-order valence-electron chi connectivity index (χ4n) is 5.30. The summed E-state index contributed by atoms with van der Waals surface area (Å²) in [6.45, 7) is -0.178. The maximum atomic E-state index is 13.6. The van der Waals surface area contributed by atoms with Crippen molar-refractivity contribution in [1.82, 2.24) is 15.1 Å². The number of carbonyl (C=O) groups is 3. The van der Waals surface area contributed by atoms with Crippen molar-refractivity contribution in [3.63, 3.8) is 0 Å². The predicted octanol–water partition coefficient (Wildman–Crippen LogP) is 3.61. The average molecular weight is 408 g/mol. The van der Waals surface area contributed by atoms with E-state index in [4.69, 9.17) is 0 Å². The topological polar surface area (TPSA) is 69.7 Å². The van der Waals surface area contributed by atoms with E-state index in [0.29, 0.717) is 6.42 Å². The van der Waals surface area contributed by atoms with Gasteiger partial charge in [0.1, 0.15) is 12.1 Å². The molecule has 4 aliphatic rings. The number of allylic oxidation sites excluding steroid dienone is 2. The normalized spacial score (nSPS) is 26.1. The summed E-state index contributed by atoms with van der Waals surface area (Å²) in [5, 5.41) is 2.99. The van der Waals surface area contributed by atoms with Crippen molar-refractivity contribution in [1.29, 1.82) is 0 Å². The number of nitrogens with one attached hydrogen (secondary N) is 1. The monoisotopic (exact) mass is 407 g/mol. The van der Waals surface area contributed by atoms with Crippen LogP contribution in [0.15, 0.2) is 36.0 Å². The highest BCUT2D eigenvalue weighted by Gasteiger charge is 2.54. The van der Waals surface area contributed by atoms with Crippen molar-refractivity contribution in [3.8, 4) is 0 Å². The van der Waals surface area contributed by atoms with Crippen molar-refractivity contribution in [2.24, 2.45) is 0 Å². The standard InChI is InChI=1S/C24H29N3O3/c28-21(27(19-13-14-19)18-10-2-1-3-11-18)16-26-22(29)24(25-23(26)30)15-7-6-9-17-8-4-5-12-20(17)24/h4-5,8,10,12,19H,1-3,6-7,9,11,13-16H2,(H,25,30)/t24-/m1/s1. The number of urea groups is 1. The molecule has 30 heavy (non-hydrogen) atoms. The number of hydrogen-bond acceptors (Lipinski definition) is 3. The molecule has 0 aromatic heterocycles. The molecule has 1 N–H and O–H groups in total. The van der Waals surface area contributed by atoms with E-state index in [2.05, 4.69) is 11.4 Å². The largest absolute Gasteiger partial charge is 0.325 e. The molecule has 5 rings (SSSR count). The fraction of sp³-hybridized carbons (Fsp3) is 0.542. The van der Waals surface area contributed by atoms with Gasteiger partial charge < -0.3 is 10.2 Å². The van der Waals surface area contributed by atoms with Gasteiger partial charge in [-0.3, -0.25) is 14.5 Å². The van der Waals surface area contributed by atoms with E-state index in [0.717, 1.165) is 79.5 Å². The van der Waals surface area contributed by atoms with Crippen LogP contribution in [-0.4, -0.2) is 40.2 Å². The smallest absolute Gasteiger partial charge is 0.319 e. The number of hydrogen-bond donors (Lipinski definition) is 1. The Kier molecular flexibility index (Phi) is 4.88. The van der Waals surface area contributed by atoms with Gasteiger partial charge in [0.15, 0.2) is 0 Å². The third-order valence-corrected chi connectivity index (χ3v) is 6.95. The summed E-state index contributed by atoms with van der Waals surface area (Å²) < 4.78 is 0. The lowest BCUT2D eigenvalue weighted by atomic mass is 9.84. The van der Waals surface area contributed by atoms with Gasteiger partial charge in [0.25, 0.3) is 5.91 Å². The summed E-state index contributed by atoms with van der Waals surface area (Å²) >= 11 is 0. The number of imide groups is 1. The van der Waals surface area contributed by atoms with E-state index in [9.17, 15) is 14.4 Å². The summed E-state index contributed by atoms with van der Waals surface area (Å²) in [4.78, 5) is 42.8. The molecule has 6 nitrogen and oxygen atoms in total. The number of fused-ring (bicyclic) bond motifs is 2. The van der Waals surface area contributed by atoms with Crippen molar-refractivity contribution < 1.29 is 14.4 Å². The Morgan fingerprint density at radius 1 is 1.10 bits per heavy atom. The number of nitrogens with zero attached hydrogens (tertiary/aromatic N) is 2. The minimum Gasteiger partial charge on any atom is -0.319 e. The van der Waals surface area contributed by atoms with Gasteiger partial charge in [-0.05, 0) is 75.3 Å². The number of carbonyl (C=O) groups excluding carboxylic acids is 3. The van der Waals surface area contributed by atoms with E-state index in [1.54, 1.807) is 0 Å². The number of rotatable bonds is 4. The number of aryl methyl sites for hydroxylation is 1. The Labute approximate surface area is 177 Å². The SMILES string of the molecule is O=C1N[C@@]2(CCCCc3ccccc32)C(=O)N1CC(=O)N(C1=CCCCC1)C1CC1. The Morgan fingerprint density at radius 3 is 2.67 bits per heavy atom. The van der Waals surface area contributed by atoms with Crippen LogP contribution in [0.5, 0.6) is 0 Å². The molecule has 1 heterocycles. The van der Waals surface area contributed by atoms with Crippen LogP contribution >= 0.6 is 0 Å². The van der Waals surface area contributed by atoms with E-state index >= 15 is 0 Å². The quantitative estimate of drug-likeness (QED) is 0.775. The van der Waals surface area contributed by atoms with E-state index in [1.807, 2.05) is 29.2 Å². The maximum Gasteiger partial charge on any atom is 0.325 e. The Balaban J connectivity index is 1.41. The molecular weight excluding hydrogens is 378 g/mol. The second-order valence-electron chi connectivity index (χ2n) is 9.03. The van der Waals surface area contributed by atoms with Gasteiger partial charge in [0, 0.05) is 11.7 Å². The molecule has 2 fully saturated rings. The molecule has 1 atom stereocenters. The third kappa shape index (κ3) is 3.22. The van der Waals surface area contributed by atoms with Gasteiger partial charge in [0.2, 0.25) is 5.91 Å². The highest BCUT2D eigenvalue weighted by atomic mass is 16.2. The average Bonchev–Trinajstić information content (AvgIpc) is 3.57. The first-order chi connectivity index (χ1) is 14.6. The molecule has 1 aromatic carbocycles. The predicted molar refractivity (Wildman–Crippen MR) is 112 cm³/mol. The fourth-order valence-corrected chi connectivity index (χ4v) is 5.30. The van der Waals surface area contributed by atoms with Gasteiger partial charge >= 0.3 is 6.03 Å². The van der Waals surface area contributed by atoms with Gasteiger partial charge in [-0.15, -0.1) is 0 Å². The van der Waals surface area contributed by atoms with E-state index in [-0.39, 0.29) is 24.4 Å². The van der Waals surface area contributed by atoms with Gasteiger partial charge in [-0.2, -0.15) is 0 Å². The molecule has 1 spiro atoms. The highest BCUT2D eigenvalue weighted by molar-refractivity contribution is 6.09. The second kappa shape index (κ2) is 7.56. The summed E-state index contributed by atoms with van der Waals surface area (Å²) in [6.07, 6.45) is 11.6. The molecule has 1 saturated heterocycles. The van der Waals surface area contributed by atoms with Crippen LogP contribution in [0.3, 0.4) is 0 Å². The van der Waals surface area contributed by atoms with E-state index in [1.165, 1.54) is 0 Å². The first-order valence-electron chi connectivity index (χ1n) is 11.3. The molecule has 1 saturated carbocycles. The highest BCUT2D eigenvalue weighted by Crippen LogP contribution is 2.39. The summed E-state index contributed by atoms with van der Waals surface area (Å²) in [6, 6.07) is 7.68. The molecular formula is C24H29N3O3. The maximum absolute atomic E-state index is 13.6. The first kappa shape index (κ1) is 19.3. The van der Waals surface area contributed by atoms with Crippen molar-refractivity contribution in [2.75, 3.05) is 6.54 Å². The zero-order valence-electron chi connectivity index (χ0n) is 17.4. The number of amides is 4. The van der Waals surface area contributed by atoms with Gasteiger partial charge in [-0.1, -0.05) is 30.3 Å². The van der Waals surface area contributed by atoms with Crippen LogP contribution in [-0.2, 0) is 21.5 Å². The Bertz CT molecular complexity index is 920. The minimum absolute atomic E-state index is 0.131. The lowest BCUT2D eigenvalue weighted by Gasteiger charge is -2.30. The zero-order valence-corrected chi connectivity index (χ0v) is 17.4. The first-order valence-corrected chi connectivity index (χ1v) is 11.3. The molecule has 4 amide bonds. The van der Waals surface area contributed by atoms with Crippen molar-refractivity contribution in [2.45, 2.75) is 75.8 Å². The molecule has 3 aliphatic carbocycles. The van der Waals surface area contributed by atoms with Crippen LogP contribution in [0.25, 0.3) is 0 Å². The summed E-state index contributed by atoms with van der Waals surface area (Å²) in [5.41, 5.74) is 2.06. The van der Waals surface area contributed by atoms with Crippen molar-refractivity contribution in [3.05, 3.63) is 47.2 Å². The van der Waals surface area contributed by atoms with Crippen molar-refractivity contribution >= 4 is 17.8 Å². The lowest BCUT2D eigenvalue weighted by Crippen LogP contribution is -2.46. The van der Waals surface area contributed by atoms with Crippen LogP contribution in [0.1, 0.15) is 68.9 Å². The number of benzene rings is 1. The Hall–Kier alpha value is -2.63. The minimum atomic E-state index is -1.03. The van der Waals surface area contributed by atoms with Crippen LogP contribution in [0, 0.1) is 0 Å². The molecule has 1 aromatic rings. The lowest BCUT2D eigenvalue weighted by molar-refractivity contribution is -0.138. The van der Waals surface area contributed by atoms with Crippen LogP contribution in [0.4, 0.5) is 4.79 Å². The zero-order chi connectivity index (χ0) is 20.7. The summed E-state index contributed by atoms with van der Waals surface area (Å²) in [5.74, 6) is -0.406. The molecule has 0 radical (unpaired) electrons. The second-order valence-corrected chi connectivity index (χ2v) is 9.03. The molecule has 0 unspecified atom stereocenters. The molecule has 0 bridgehead atoms. The third-order valence-electron chi connectivity index (χ3n) is 6.95. The summed E-state index contributed by atoms with van der Waals surface area (Å²) in [7, 11) is 0. The molecule has 158 valence electrons. The van der Waals surface area contributed by atoms with Gasteiger partial charge in [-0.25, -0.2) is 4.79 Å². The molecule has 1 aliphatic heterocycles. The van der Waals surface area contributed by atoms with Crippen LogP contribution in [0.2, 0.25) is 0 Å². The Morgan fingerprint density at radius 2 is 1.90 bits per heavy atom. The van der Waals surface area contributed by atoms with Crippen LogP contribution < -0.4 is 5.32 Å². The van der Waals surface area contributed by atoms with Gasteiger partial charge in [0.05, 0.1) is 0 Å². The van der Waals surface area contributed by atoms with E-state index < -0.39 is 11.6 Å².